The molecule has 2 aromatic carbocycles. The Bertz CT molecular complexity index is 1250. The van der Waals surface area contributed by atoms with E-state index in [9.17, 15) is 0 Å². The molecule has 0 saturated carbocycles. The zero-order valence-corrected chi connectivity index (χ0v) is 21.0. The predicted molar refractivity (Wildman–Crippen MR) is 148 cm³/mol. The van der Waals surface area contributed by atoms with Crippen molar-refractivity contribution >= 4 is 40.3 Å². The van der Waals surface area contributed by atoms with Crippen LogP contribution in [0.3, 0.4) is 0 Å². The highest BCUT2D eigenvalue weighted by Crippen LogP contribution is 2.31. The van der Waals surface area contributed by atoms with Gasteiger partial charge in [0, 0.05) is 53.0 Å². The van der Waals surface area contributed by atoms with Gasteiger partial charge >= 0.3 is 0 Å². The van der Waals surface area contributed by atoms with Crippen LogP contribution < -0.4 is 9.47 Å². The van der Waals surface area contributed by atoms with Crippen molar-refractivity contribution in [3.05, 3.63) is 107 Å². The minimum absolute atomic E-state index is 0.713. The summed E-state index contributed by atoms with van der Waals surface area (Å²) < 4.78 is 2.39. The maximum atomic E-state index is 6.66. The maximum absolute atomic E-state index is 6.66. The smallest absolute Gasteiger partial charge is 0.212 e. The molecular formula is C31H34ClN2+. The molecule has 1 aromatic heterocycles. The first-order valence-electron chi connectivity index (χ1n) is 12.4. The largest absolute Gasteiger partial charge is 0.341 e. The number of pyridine rings is 1. The molecular weight excluding hydrogens is 436 g/mol. The number of aromatic nitrogens is 1. The molecule has 1 aliphatic rings. The highest BCUT2D eigenvalue weighted by Gasteiger charge is 2.16. The molecule has 0 amide bonds. The van der Waals surface area contributed by atoms with Crippen LogP contribution >= 0.6 is 11.6 Å². The van der Waals surface area contributed by atoms with Crippen molar-refractivity contribution in [2.75, 3.05) is 11.4 Å². The summed E-state index contributed by atoms with van der Waals surface area (Å²) in [6.07, 6.45) is 17.3. The molecule has 0 N–H and O–H groups in total. The van der Waals surface area contributed by atoms with E-state index in [1.54, 1.807) is 0 Å². The molecule has 34 heavy (non-hydrogen) atoms. The van der Waals surface area contributed by atoms with Gasteiger partial charge in [0.15, 0.2) is 0 Å². The number of anilines is 1. The minimum Gasteiger partial charge on any atom is -0.341 e. The van der Waals surface area contributed by atoms with Crippen LogP contribution in [0.25, 0.3) is 23.1 Å². The van der Waals surface area contributed by atoms with Gasteiger partial charge in [0.1, 0.15) is 6.54 Å². The average Bonchev–Trinajstić information content (AvgIpc) is 2.88. The summed E-state index contributed by atoms with van der Waals surface area (Å²) in [4.78, 5) is 2.39. The number of para-hydroxylation sites is 2. The fourth-order valence-corrected chi connectivity index (χ4v) is 4.49. The number of halogens is 1. The molecule has 3 heteroatoms. The van der Waals surface area contributed by atoms with Gasteiger partial charge in [0.05, 0.1) is 0 Å². The number of hydrogen-bond donors (Lipinski definition) is 0. The second-order valence-electron chi connectivity index (χ2n) is 8.70. The highest BCUT2D eigenvalue weighted by atomic mass is 35.5. The van der Waals surface area contributed by atoms with Gasteiger partial charge in [-0.05, 0) is 54.5 Å². The lowest BCUT2D eigenvalue weighted by Crippen LogP contribution is -2.37. The van der Waals surface area contributed by atoms with Gasteiger partial charge in [-0.25, -0.2) is 0 Å². The fraction of sp³-hybridized carbons (Fsp3) is 0.258. The molecule has 0 radical (unpaired) electrons. The van der Waals surface area contributed by atoms with E-state index in [1.807, 2.05) is 12.2 Å². The van der Waals surface area contributed by atoms with Crippen molar-refractivity contribution in [2.45, 2.75) is 46.1 Å². The maximum Gasteiger partial charge on any atom is 0.212 e. The van der Waals surface area contributed by atoms with Crippen LogP contribution in [-0.2, 0) is 6.54 Å². The number of benzene rings is 2. The molecule has 0 aliphatic carbocycles. The quantitative estimate of drug-likeness (QED) is 0.226. The van der Waals surface area contributed by atoms with E-state index in [0.717, 1.165) is 25.9 Å². The number of fused-ring (bicyclic) bond motifs is 2. The van der Waals surface area contributed by atoms with E-state index >= 15 is 0 Å². The lowest BCUT2D eigenvalue weighted by atomic mass is 10.0. The van der Waals surface area contributed by atoms with Crippen LogP contribution in [0.15, 0.2) is 95.7 Å². The van der Waals surface area contributed by atoms with E-state index < -0.39 is 0 Å². The van der Waals surface area contributed by atoms with E-state index in [-0.39, 0.29) is 0 Å². The van der Waals surface area contributed by atoms with Crippen molar-refractivity contribution in [3.8, 4) is 0 Å². The van der Waals surface area contributed by atoms with Gasteiger partial charge in [-0.3, -0.25) is 0 Å². The van der Waals surface area contributed by atoms with Crippen LogP contribution in [-0.4, -0.2) is 6.54 Å². The Morgan fingerprint density at radius 1 is 0.912 bits per heavy atom. The first-order valence-corrected chi connectivity index (χ1v) is 12.8. The van der Waals surface area contributed by atoms with Crippen molar-refractivity contribution in [1.29, 1.82) is 0 Å². The summed E-state index contributed by atoms with van der Waals surface area (Å²) in [6, 6.07) is 21.5. The topological polar surface area (TPSA) is 7.12 Å². The Hall–Kier alpha value is -3.10. The third-order valence-corrected chi connectivity index (χ3v) is 6.49. The van der Waals surface area contributed by atoms with E-state index in [1.165, 1.54) is 46.4 Å². The third kappa shape index (κ3) is 5.69. The number of unbranched alkanes of at least 4 members (excludes halogenated alkanes) is 2. The summed E-state index contributed by atoms with van der Waals surface area (Å²) in [6.45, 7) is 6.46. The molecule has 2 nitrogen and oxygen atoms in total. The van der Waals surface area contributed by atoms with E-state index in [4.69, 9.17) is 11.6 Å². The lowest BCUT2D eigenvalue weighted by Gasteiger charge is -2.30. The van der Waals surface area contributed by atoms with Crippen LogP contribution in [0, 0.1) is 0 Å². The zero-order valence-electron chi connectivity index (χ0n) is 20.3. The van der Waals surface area contributed by atoms with Crippen LogP contribution in [0.5, 0.6) is 0 Å². The second kappa shape index (κ2) is 11.9. The normalized spacial score (nSPS) is 15.0. The molecule has 0 fully saturated rings. The molecule has 2 heterocycles. The van der Waals surface area contributed by atoms with Gasteiger partial charge in [-0.2, -0.15) is 4.57 Å². The number of aryl methyl sites for hydroxylation is 1. The van der Waals surface area contributed by atoms with Crippen molar-refractivity contribution in [3.63, 3.8) is 0 Å². The minimum atomic E-state index is 0.713. The molecule has 0 spiro atoms. The van der Waals surface area contributed by atoms with Crippen LogP contribution in [0.4, 0.5) is 5.69 Å². The van der Waals surface area contributed by atoms with E-state index in [2.05, 4.69) is 108 Å². The summed E-state index contributed by atoms with van der Waals surface area (Å²) in [5, 5.41) is 1.98. The molecule has 0 unspecified atom stereocenters. The van der Waals surface area contributed by atoms with Gasteiger partial charge in [-0.1, -0.05) is 74.7 Å². The van der Waals surface area contributed by atoms with Crippen molar-refractivity contribution in [1.82, 2.24) is 0 Å². The standard InChI is InChI=1S/C31H34ClN2/c1-3-5-23-33-28(19-15-25-11-7-9-13-30(25)33)21-17-27(32)18-22-29-20-16-26-12-8-10-14-31(26)34(29)24-6-4-2/h7-22H,3-6,23-24H2,1-2H3/q+1. The summed E-state index contributed by atoms with van der Waals surface area (Å²) in [5.74, 6) is 0. The average molecular weight is 470 g/mol. The molecule has 0 atom stereocenters. The highest BCUT2D eigenvalue weighted by molar-refractivity contribution is 6.31. The van der Waals surface area contributed by atoms with Crippen LogP contribution in [0.1, 0.15) is 50.8 Å². The third-order valence-electron chi connectivity index (χ3n) is 6.24. The summed E-state index contributed by atoms with van der Waals surface area (Å²) in [7, 11) is 0. The van der Waals surface area contributed by atoms with E-state index in [0.29, 0.717) is 5.03 Å². The zero-order chi connectivity index (χ0) is 23.8. The monoisotopic (exact) mass is 469 g/mol. The Balaban J connectivity index is 1.59. The Kier molecular flexibility index (Phi) is 8.38. The van der Waals surface area contributed by atoms with Crippen molar-refractivity contribution < 1.29 is 4.57 Å². The fourth-order valence-electron chi connectivity index (χ4n) is 4.37. The number of hydrogen-bond acceptors (Lipinski definition) is 1. The number of nitrogens with zero attached hydrogens (tertiary/aromatic N) is 2. The molecule has 0 saturated heterocycles. The molecule has 3 aromatic rings. The Labute approximate surface area is 209 Å². The first kappa shape index (κ1) is 24.0. The summed E-state index contributed by atoms with van der Waals surface area (Å²) in [5.41, 5.74) is 6.12. The van der Waals surface area contributed by atoms with Gasteiger partial charge in [0.2, 0.25) is 11.2 Å². The Morgan fingerprint density at radius 2 is 1.71 bits per heavy atom. The lowest BCUT2D eigenvalue weighted by molar-refractivity contribution is -0.673. The molecule has 174 valence electrons. The van der Waals surface area contributed by atoms with Gasteiger partial charge in [0.25, 0.3) is 0 Å². The van der Waals surface area contributed by atoms with Gasteiger partial charge in [-0.15, -0.1) is 0 Å². The molecule has 1 aliphatic heterocycles. The number of rotatable bonds is 9. The van der Waals surface area contributed by atoms with Gasteiger partial charge < -0.3 is 4.90 Å². The first-order chi connectivity index (χ1) is 16.7. The molecule has 4 rings (SSSR count). The number of allylic oxidation sites excluding steroid dienone is 5. The Morgan fingerprint density at radius 3 is 2.56 bits per heavy atom. The predicted octanol–water partition coefficient (Wildman–Crippen LogP) is 8.28. The van der Waals surface area contributed by atoms with Crippen LogP contribution in [0.2, 0.25) is 0 Å². The SMILES string of the molecule is CCCCN1C(=CC=C(Cl)C=Cc2ccc3ccccc3[n+]2CCCC)C=Cc2ccccc21. The van der Waals surface area contributed by atoms with Crippen molar-refractivity contribution in [2.24, 2.45) is 0 Å². The molecule has 0 bridgehead atoms. The summed E-state index contributed by atoms with van der Waals surface area (Å²) >= 11 is 6.66. The second-order valence-corrected chi connectivity index (χ2v) is 9.13.